The van der Waals surface area contributed by atoms with Gasteiger partial charge in [-0.05, 0) is 25.0 Å². The van der Waals surface area contributed by atoms with E-state index in [0.29, 0.717) is 11.3 Å². The molecule has 0 bridgehead atoms. The van der Waals surface area contributed by atoms with Crippen molar-refractivity contribution in [3.8, 4) is 0 Å². The Hall–Kier alpha value is -2.25. The van der Waals surface area contributed by atoms with Gasteiger partial charge in [0.25, 0.3) is 0 Å². The normalized spacial score (nSPS) is 19.1. The van der Waals surface area contributed by atoms with E-state index in [1.54, 1.807) is 6.07 Å². The van der Waals surface area contributed by atoms with Crippen molar-refractivity contribution in [2.24, 2.45) is 5.10 Å². The van der Waals surface area contributed by atoms with Gasteiger partial charge >= 0.3 is 12.2 Å². The van der Waals surface area contributed by atoms with Gasteiger partial charge in [0.1, 0.15) is 0 Å². The van der Waals surface area contributed by atoms with Gasteiger partial charge in [0.2, 0.25) is 0 Å². The number of nitrogens with zero attached hydrogens (tertiary/aromatic N) is 1. The number of hydrogen-bond acceptors (Lipinski definition) is 3. The zero-order valence-corrected chi connectivity index (χ0v) is 12.3. The maximum atomic E-state index is 13.4. The molecule has 23 heavy (non-hydrogen) atoms. The molecular formula is C15H17F3N4O. The zero-order valence-electron chi connectivity index (χ0n) is 12.3. The van der Waals surface area contributed by atoms with E-state index >= 15 is 0 Å². The average Bonchev–Trinajstić information content (AvgIpc) is 3.00. The van der Waals surface area contributed by atoms with Crippen LogP contribution in [-0.4, -0.2) is 24.3 Å². The lowest BCUT2D eigenvalue weighted by Crippen LogP contribution is -2.42. The number of nitrogens with one attached hydrogen (secondary N) is 3. The fraction of sp³-hybridized carbons (Fsp3) is 0.467. The molecule has 0 aromatic heterocycles. The van der Waals surface area contributed by atoms with Crippen LogP contribution in [-0.2, 0) is 6.18 Å². The molecule has 5 nitrogen and oxygen atoms in total. The van der Waals surface area contributed by atoms with Gasteiger partial charge in [-0.2, -0.15) is 18.3 Å². The van der Waals surface area contributed by atoms with Crippen molar-refractivity contribution in [1.29, 1.82) is 0 Å². The topological polar surface area (TPSA) is 65.5 Å². The second-order valence-electron chi connectivity index (χ2n) is 5.74. The molecule has 8 heteroatoms. The van der Waals surface area contributed by atoms with E-state index in [1.165, 1.54) is 6.07 Å². The van der Waals surface area contributed by atoms with Crippen molar-refractivity contribution < 1.29 is 18.0 Å². The quantitative estimate of drug-likeness (QED) is 0.799. The summed E-state index contributed by atoms with van der Waals surface area (Å²) < 4.78 is 40.1. The van der Waals surface area contributed by atoms with Gasteiger partial charge in [0, 0.05) is 17.3 Å². The third kappa shape index (κ3) is 3.57. The highest BCUT2D eigenvalue weighted by molar-refractivity contribution is 6.05. The van der Waals surface area contributed by atoms with E-state index in [1.807, 2.05) is 0 Å². The Bertz CT molecular complexity index is 636. The van der Waals surface area contributed by atoms with Gasteiger partial charge in [-0.25, -0.2) is 10.2 Å². The number of amides is 2. The van der Waals surface area contributed by atoms with Gasteiger partial charge in [-0.1, -0.05) is 18.9 Å². The van der Waals surface area contributed by atoms with E-state index in [2.05, 4.69) is 21.2 Å². The van der Waals surface area contributed by atoms with Gasteiger partial charge in [0.05, 0.1) is 17.8 Å². The number of carbonyl (C=O) groups is 1. The third-order valence-corrected chi connectivity index (χ3v) is 4.08. The number of hydrogen-bond donors (Lipinski definition) is 3. The predicted molar refractivity (Wildman–Crippen MR) is 80.4 cm³/mol. The van der Waals surface area contributed by atoms with E-state index in [4.69, 9.17) is 0 Å². The van der Waals surface area contributed by atoms with E-state index in [0.717, 1.165) is 31.7 Å². The maximum absolute atomic E-state index is 13.4. The number of halogens is 3. The highest BCUT2D eigenvalue weighted by atomic mass is 19.4. The summed E-state index contributed by atoms with van der Waals surface area (Å²) in [6.07, 6.45) is -0.592. The van der Waals surface area contributed by atoms with Crippen LogP contribution in [0, 0.1) is 0 Å². The molecule has 1 aliphatic heterocycles. The zero-order chi connectivity index (χ0) is 16.4. The lowest BCUT2D eigenvalue weighted by molar-refractivity contribution is -0.137. The molecule has 1 fully saturated rings. The minimum atomic E-state index is -4.46. The molecule has 1 saturated carbocycles. The molecule has 0 atom stereocenters. The van der Waals surface area contributed by atoms with Crippen molar-refractivity contribution in [3.63, 3.8) is 0 Å². The predicted octanol–water partition coefficient (Wildman–Crippen LogP) is 3.08. The average molecular weight is 326 g/mol. The Morgan fingerprint density at radius 2 is 1.96 bits per heavy atom. The monoisotopic (exact) mass is 326 g/mol. The van der Waals surface area contributed by atoms with E-state index in [9.17, 15) is 18.0 Å². The highest BCUT2D eigenvalue weighted by Crippen LogP contribution is 2.37. The Morgan fingerprint density at radius 1 is 1.22 bits per heavy atom. The molecule has 0 radical (unpaired) electrons. The van der Waals surface area contributed by atoms with Gasteiger partial charge in [-0.15, -0.1) is 0 Å². The first-order valence-corrected chi connectivity index (χ1v) is 7.52. The lowest BCUT2D eigenvalue weighted by Gasteiger charge is -2.20. The summed E-state index contributed by atoms with van der Waals surface area (Å²) in [7, 11) is 0. The van der Waals surface area contributed by atoms with Crippen molar-refractivity contribution in [1.82, 2.24) is 10.7 Å². The Labute approximate surface area is 131 Å². The molecular weight excluding hydrogens is 309 g/mol. The second-order valence-corrected chi connectivity index (χ2v) is 5.74. The molecule has 0 unspecified atom stereocenters. The summed E-state index contributed by atoms with van der Waals surface area (Å²) in [5.74, 6) is 0. The van der Waals surface area contributed by atoms with Crippen molar-refractivity contribution in [3.05, 3.63) is 29.3 Å². The minimum absolute atomic E-state index is 0.0925. The Kier molecular flexibility index (Phi) is 4.14. The molecule has 1 aromatic rings. The van der Waals surface area contributed by atoms with Crippen LogP contribution in [0.4, 0.5) is 23.7 Å². The number of anilines is 1. The lowest BCUT2D eigenvalue weighted by atomic mass is 10.0. The number of benzene rings is 1. The van der Waals surface area contributed by atoms with Crippen LogP contribution < -0.4 is 16.1 Å². The first-order chi connectivity index (χ1) is 10.9. The standard InChI is InChI=1S/C15H17F3N4O/c16-15(17,18)11-7-9(13-8-19-14(23)22-21-13)5-6-12(11)20-10-3-1-2-4-10/h5-7,10,20H,1-4,8H2,(H2,19,22,23). The van der Waals surface area contributed by atoms with Crippen LogP contribution >= 0.6 is 0 Å². The van der Waals surface area contributed by atoms with Crippen LogP contribution in [0.2, 0.25) is 0 Å². The number of hydrazone groups is 1. The van der Waals surface area contributed by atoms with Crippen molar-refractivity contribution in [2.75, 3.05) is 11.9 Å². The molecule has 124 valence electrons. The number of carbonyl (C=O) groups excluding carboxylic acids is 1. The first kappa shape index (κ1) is 15.6. The molecule has 0 spiro atoms. The minimum Gasteiger partial charge on any atom is -0.382 e. The molecule has 3 N–H and O–H groups in total. The van der Waals surface area contributed by atoms with Crippen LogP contribution in [0.3, 0.4) is 0 Å². The van der Waals surface area contributed by atoms with Gasteiger partial charge < -0.3 is 10.6 Å². The molecule has 0 saturated heterocycles. The maximum Gasteiger partial charge on any atom is 0.418 e. The molecule has 1 aliphatic carbocycles. The van der Waals surface area contributed by atoms with Crippen LogP contribution in [0.15, 0.2) is 23.3 Å². The summed E-state index contributed by atoms with van der Waals surface area (Å²) in [4.78, 5) is 11.0. The molecule has 3 rings (SSSR count). The SMILES string of the molecule is O=C1NCC(c2ccc(NC3CCCC3)c(C(F)(F)F)c2)=NN1. The summed E-state index contributed by atoms with van der Waals surface area (Å²) >= 11 is 0. The van der Waals surface area contributed by atoms with Crippen molar-refractivity contribution in [2.45, 2.75) is 37.9 Å². The fourth-order valence-corrected chi connectivity index (χ4v) is 2.90. The second kappa shape index (κ2) is 6.10. The summed E-state index contributed by atoms with van der Waals surface area (Å²) in [6, 6.07) is 3.73. The summed E-state index contributed by atoms with van der Waals surface area (Å²) in [5, 5.41) is 9.30. The smallest absolute Gasteiger partial charge is 0.382 e. The first-order valence-electron chi connectivity index (χ1n) is 7.52. The van der Waals surface area contributed by atoms with Crippen molar-refractivity contribution >= 4 is 17.4 Å². The largest absolute Gasteiger partial charge is 0.418 e. The Morgan fingerprint density at radius 3 is 2.57 bits per heavy atom. The summed E-state index contributed by atoms with van der Waals surface area (Å²) in [6.45, 7) is 0.0958. The summed E-state index contributed by atoms with van der Waals surface area (Å²) in [5.41, 5.74) is 2.29. The molecule has 1 aromatic carbocycles. The van der Waals surface area contributed by atoms with Crippen LogP contribution in [0.1, 0.15) is 36.8 Å². The van der Waals surface area contributed by atoms with Crippen LogP contribution in [0.5, 0.6) is 0 Å². The van der Waals surface area contributed by atoms with Crippen LogP contribution in [0.25, 0.3) is 0 Å². The van der Waals surface area contributed by atoms with Gasteiger partial charge in [-0.3, -0.25) is 0 Å². The van der Waals surface area contributed by atoms with Gasteiger partial charge in [0.15, 0.2) is 0 Å². The van der Waals surface area contributed by atoms with E-state index in [-0.39, 0.29) is 18.3 Å². The molecule has 2 aliphatic rings. The molecule has 1 heterocycles. The Balaban J connectivity index is 1.90. The highest BCUT2D eigenvalue weighted by Gasteiger charge is 2.35. The van der Waals surface area contributed by atoms with E-state index < -0.39 is 17.8 Å². The number of urea groups is 1. The third-order valence-electron chi connectivity index (χ3n) is 4.08. The fourth-order valence-electron chi connectivity index (χ4n) is 2.90. The molecule has 2 amide bonds. The number of rotatable bonds is 3. The number of alkyl halides is 3.